The number of oxime groups is 1. The van der Waals surface area contributed by atoms with Gasteiger partial charge in [0.25, 0.3) is 0 Å². The average Bonchev–Trinajstić information content (AvgIpc) is 3.67. The van der Waals surface area contributed by atoms with Crippen LogP contribution in [0.1, 0.15) is 78.5 Å². The van der Waals surface area contributed by atoms with E-state index in [2.05, 4.69) is 35.6 Å². The van der Waals surface area contributed by atoms with E-state index < -0.39 is 23.7 Å². The predicted molar refractivity (Wildman–Crippen MR) is 198 cm³/mol. The average molecular weight is 727 g/mol. The molecule has 12 heteroatoms. The molecule has 53 heavy (non-hydrogen) atoms. The Bertz CT molecular complexity index is 1770. The maximum Gasteiger partial charge on any atom is 0.358 e. The highest BCUT2D eigenvalue weighted by molar-refractivity contribution is 6.02. The molecule has 0 spiro atoms. The lowest BCUT2D eigenvalue weighted by Crippen LogP contribution is -2.63. The van der Waals surface area contributed by atoms with Gasteiger partial charge in [0, 0.05) is 31.1 Å². The maximum atomic E-state index is 13.2. The normalized spacial score (nSPS) is 25.0. The number of rotatable bonds is 19. The van der Waals surface area contributed by atoms with Gasteiger partial charge >= 0.3 is 5.97 Å². The second-order valence-electron chi connectivity index (χ2n) is 13.7. The van der Waals surface area contributed by atoms with Gasteiger partial charge in [-0.25, -0.2) is 9.48 Å². The van der Waals surface area contributed by atoms with Crippen molar-refractivity contribution in [3.8, 4) is 11.5 Å². The van der Waals surface area contributed by atoms with Gasteiger partial charge in [0.05, 0.1) is 31.5 Å². The van der Waals surface area contributed by atoms with Gasteiger partial charge in [0.15, 0.2) is 5.69 Å². The lowest BCUT2D eigenvalue weighted by molar-refractivity contribution is -0.252. The van der Waals surface area contributed by atoms with Crippen molar-refractivity contribution in [1.82, 2.24) is 15.0 Å². The molecular formula is C41H50N4O8. The van der Waals surface area contributed by atoms with Crippen LogP contribution in [0.2, 0.25) is 0 Å². The minimum atomic E-state index is -1.40. The molecule has 1 aliphatic heterocycles. The van der Waals surface area contributed by atoms with Crippen molar-refractivity contribution in [3.63, 3.8) is 0 Å². The largest absolute Gasteiger partial charge is 0.490 e. The minimum Gasteiger partial charge on any atom is -0.490 e. The van der Waals surface area contributed by atoms with E-state index in [0.717, 1.165) is 42.4 Å². The van der Waals surface area contributed by atoms with E-state index >= 15 is 0 Å². The number of carbonyl (C=O) groups is 1. The molecule has 1 saturated carbocycles. The lowest BCUT2D eigenvalue weighted by Gasteiger charge is -2.58. The van der Waals surface area contributed by atoms with Crippen LogP contribution in [0.25, 0.3) is 0 Å². The van der Waals surface area contributed by atoms with Crippen LogP contribution >= 0.6 is 0 Å². The van der Waals surface area contributed by atoms with Crippen LogP contribution in [0.4, 0.5) is 0 Å². The maximum absolute atomic E-state index is 13.2. The monoisotopic (exact) mass is 726 g/mol. The number of unbranched alkanes of at least 4 members (excludes halogenated alkanes) is 2. The molecule has 6 rings (SSSR count). The fraction of sp³-hybridized carbons (Fsp3) is 0.463. The molecule has 1 fully saturated rings. The van der Waals surface area contributed by atoms with E-state index in [-0.39, 0.29) is 56.3 Å². The predicted octanol–water partition coefficient (Wildman–Crippen LogP) is 6.34. The molecule has 2 aliphatic carbocycles. The number of hydrogen-bond acceptors (Lipinski definition) is 11. The second-order valence-corrected chi connectivity index (χ2v) is 13.7. The molecule has 12 nitrogen and oxygen atoms in total. The Kier molecular flexibility index (Phi) is 12.8. The summed E-state index contributed by atoms with van der Waals surface area (Å²) in [4.78, 5) is 19.3. The van der Waals surface area contributed by atoms with Crippen molar-refractivity contribution in [3.05, 3.63) is 109 Å². The SMILES string of the molecule is C=CCOc1ccc2c(c1)C1C(CCCCO)C(CCCCO)C=C3C(=NOCc4ccccc4)CC(n4nncc4C(=O)OC)C(OCC=C)(O2)C31. The Morgan fingerprint density at radius 2 is 1.83 bits per heavy atom. The molecule has 1 aromatic heterocycles. The first-order valence-electron chi connectivity index (χ1n) is 18.5. The second kappa shape index (κ2) is 17.8. The van der Waals surface area contributed by atoms with Crippen LogP contribution in [0, 0.1) is 17.8 Å². The Hall–Kier alpha value is -4.78. The summed E-state index contributed by atoms with van der Waals surface area (Å²) in [6.07, 6.45) is 12.0. The Balaban J connectivity index is 1.59. The number of aromatic nitrogens is 3. The van der Waals surface area contributed by atoms with Crippen LogP contribution < -0.4 is 9.47 Å². The number of aliphatic hydroxyl groups excluding tert-OH is 2. The van der Waals surface area contributed by atoms with Crippen molar-refractivity contribution in [1.29, 1.82) is 0 Å². The summed E-state index contributed by atoms with van der Waals surface area (Å²) in [5.74, 6) is -1.13. The number of benzene rings is 2. The number of methoxy groups -OCH3 is 1. The summed E-state index contributed by atoms with van der Waals surface area (Å²) in [5.41, 5.74) is 3.72. The number of allylic oxidation sites excluding steroid dienone is 1. The smallest absolute Gasteiger partial charge is 0.358 e. The molecule has 0 bridgehead atoms. The molecule has 282 valence electrons. The van der Waals surface area contributed by atoms with Gasteiger partial charge < -0.3 is 34.0 Å². The van der Waals surface area contributed by atoms with Gasteiger partial charge in [0.2, 0.25) is 5.79 Å². The summed E-state index contributed by atoms with van der Waals surface area (Å²) in [7, 11) is 1.32. The third-order valence-electron chi connectivity index (χ3n) is 10.5. The molecule has 0 saturated heterocycles. The topological polar surface area (TPSA) is 147 Å². The third kappa shape index (κ3) is 7.95. The molecule has 3 aliphatic rings. The molecular weight excluding hydrogens is 676 g/mol. The van der Waals surface area contributed by atoms with Gasteiger partial charge in [-0.1, -0.05) is 78.3 Å². The van der Waals surface area contributed by atoms with Crippen LogP contribution in [-0.4, -0.2) is 76.2 Å². The number of nitrogens with zero attached hydrogens (tertiary/aromatic N) is 4. The molecule has 3 aromatic rings. The quantitative estimate of drug-likeness (QED) is 0.0621. The van der Waals surface area contributed by atoms with Gasteiger partial charge in [-0.05, 0) is 66.9 Å². The number of esters is 1. The number of fused-ring (bicyclic) bond motifs is 2. The Labute approximate surface area is 310 Å². The molecule has 2 heterocycles. The zero-order valence-corrected chi connectivity index (χ0v) is 30.3. The summed E-state index contributed by atoms with van der Waals surface area (Å²) >= 11 is 0. The van der Waals surface area contributed by atoms with E-state index in [1.165, 1.54) is 18.0 Å². The summed E-state index contributed by atoms with van der Waals surface area (Å²) in [6, 6.07) is 14.9. The first-order valence-corrected chi connectivity index (χ1v) is 18.5. The molecule has 6 atom stereocenters. The van der Waals surface area contributed by atoms with E-state index in [1.807, 2.05) is 42.5 Å². The van der Waals surface area contributed by atoms with E-state index in [1.54, 1.807) is 12.2 Å². The fourth-order valence-electron chi connectivity index (χ4n) is 8.31. The molecule has 6 unspecified atom stereocenters. The van der Waals surface area contributed by atoms with Crippen LogP contribution in [0.15, 0.2) is 96.8 Å². The standard InChI is InChI=1S/C41H50N4O8/c1-4-21-50-30-17-18-36-33(24-30)38-31(16-10-12-20-47)29(15-9-11-19-46)23-32-34(43-52-27-28-13-7-6-8-14-28)25-37(41(53-36,39(32)38)51-22-5-2)45-35(26-42-44-45)40(48)49-3/h4-8,13-14,17-18,23-24,26,29,31,37-39,46-47H,1-2,9-12,15-16,19-22,25,27H2,3H3. The molecule has 2 N–H and O–H groups in total. The van der Waals surface area contributed by atoms with Crippen molar-refractivity contribution >= 4 is 11.7 Å². The highest BCUT2D eigenvalue weighted by Gasteiger charge is 2.65. The number of aliphatic hydroxyl groups is 2. The minimum absolute atomic E-state index is 0.0825. The first kappa shape index (κ1) is 38.0. The summed E-state index contributed by atoms with van der Waals surface area (Å²) < 4.78 is 26.8. The molecule has 0 radical (unpaired) electrons. The van der Waals surface area contributed by atoms with Crippen LogP contribution in [-0.2, 0) is 20.9 Å². The van der Waals surface area contributed by atoms with Crippen LogP contribution in [0.3, 0.4) is 0 Å². The van der Waals surface area contributed by atoms with E-state index in [4.69, 9.17) is 28.9 Å². The van der Waals surface area contributed by atoms with E-state index in [0.29, 0.717) is 36.7 Å². The van der Waals surface area contributed by atoms with Gasteiger partial charge in [-0.15, -0.1) is 11.7 Å². The van der Waals surface area contributed by atoms with Crippen LogP contribution in [0.5, 0.6) is 11.5 Å². The first-order chi connectivity index (χ1) is 26.0. The number of carbonyl (C=O) groups excluding carboxylic acids is 1. The highest BCUT2D eigenvalue weighted by atomic mass is 16.7. The van der Waals surface area contributed by atoms with Gasteiger partial charge in [0.1, 0.15) is 30.8 Å². The van der Waals surface area contributed by atoms with Crippen molar-refractivity contribution < 1.29 is 38.8 Å². The van der Waals surface area contributed by atoms with E-state index in [9.17, 15) is 15.0 Å². The third-order valence-corrected chi connectivity index (χ3v) is 10.5. The number of ether oxygens (including phenoxy) is 4. The van der Waals surface area contributed by atoms with Crippen molar-refractivity contribution in [2.75, 3.05) is 33.5 Å². The zero-order chi connectivity index (χ0) is 37.2. The molecule has 2 aromatic carbocycles. The highest BCUT2D eigenvalue weighted by Crippen LogP contribution is 2.63. The summed E-state index contributed by atoms with van der Waals surface area (Å²) in [5, 5.41) is 33.0. The lowest BCUT2D eigenvalue weighted by atomic mass is 9.55. The summed E-state index contributed by atoms with van der Waals surface area (Å²) in [6.45, 7) is 8.76. The zero-order valence-electron chi connectivity index (χ0n) is 30.3. The fourth-order valence-corrected chi connectivity index (χ4v) is 8.31. The van der Waals surface area contributed by atoms with Gasteiger partial charge in [-0.3, -0.25) is 0 Å². The number of hydrogen-bond donors (Lipinski definition) is 2. The van der Waals surface area contributed by atoms with Crippen molar-refractivity contribution in [2.24, 2.45) is 22.9 Å². The Morgan fingerprint density at radius 3 is 2.57 bits per heavy atom. The van der Waals surface area contributed by atoms with Crippen molar-refractivity contribution in [2.45, 2.75) is 69.3 Å². The van der Waals surface area contributed by atoms with Gasteiger partial charge in [-0.2, -0.15) is 0 Å². The molecule has 0 amide bonds. The Morgan fingerprint density at radius 1 is 1.06 bits per heavy atom.